The van der Waals surface area contributed by atoms with E-state index in [2.05, 4.69) is 48.3 Å². The number of urea groups is 1. The summed E-state index contributed by atoms with van der Waals surface area (Å²) in [6, 6.07) is 8.79. The molecule has 1 N–H and O–H groups in total. The number of nitrogens with zero attached hydrogens (tertiary/aromatic N) is 2. The summed E-state index contributed by atoms with van der Waals surface area (Å²) in [5.74, 6) is 1.60. The van der Waals surface area contributed by atoms with Crippen molar-refractivity contribution in [2.45, 2.75) is 46.2 Å². The smallest absolute Gasteiger partial charge is 0.317 e. The minimum atomic E-state index is 0.0767. The molecular weight excluding hydrogens is 298 g/mol. The Morgan fingerprint density at radius 3 is 2.25 bits per heavy atom. The molecule has 2 aliphatic rings. The molecule has 3 rings (SSSR count). The number of hydrogen-bond acceptors (Lipinski definition) is 2. The fourth-order valence-electron chi connectivity index (χ4n) is 4.15. The molecule has 2 saturated heterocycles. The van der Waals surface area contributed by atoms with Gasteiger partial charge in [-0.3, -0.25) is 4.90 Å². The highest BCUT2D eigenvalue weighted by Crippen LogP contribution is 2.22. The van der Waals surface area contributed by atoms with Crippen LogP contribution in [-0.4, -0.2) is 42.0 Å². The second-order valence-electron chi connectivity index (χ2n) is 7.81. The third-order valence-corrected chi connectivity index (χ3v) is 5.21. The maximum absolute atomic E-state index is 12.0. The van der Waals surface area contributed by atoms with Crippen molar-refractivity contribution in [1.29, 1.82) is 0 Å². The van der Waals surface area contributed by atoms with Crippen molar-refractivity contribution in [3.63, 3.8) is 0 Å². The highest BCUT2D eigenvalue weighted by molar-refractivity contribution is 5.74. The van der Waals surface area contributed by atoms with Crippen LogP contribution in [-0.2, 0) is 13.1 Å². The van der Waals surface area contributed by atoms with Gasteiger partial charge in [0.1, 0.15) is 0 Å². The Balaban J connectivity index is 1.47. The van der Waals surface area contributed by atoms with E-state index in [1.807, 2.05) is 4.90 Å². The molecule has 4 heteroatoms. The van der Waals surface area contributed by atoms with Gasteiger partial charge in [-0.1, -0.05) is 38.1 Å². The van der Waals surface area contributed by atoms with Crippen molar-refractivity contribution in [2.24, 2.45) is 11.8 Å². The second kappa shape index (κ2) is 8.02. The second-order valence-corrected chi connectivity index (χ2v) is 7.81. The molecule has 4 nitrogen and oxygen atoms in total. The standard InChI is InChI=1S/C20H31N3O/c1-16-11-17(2)14-22(13-16)15-19-7-5-18(6-8-19)12-21-20(24)23-9-3-4-10-23/h5-8,16-17H,3-4,9-15H2,1-2H3,(H,21,24). The molecule has 0 bridgehead atoms. The molecule has 24 heavy (non-hydrogen) atoms. The number of carbonyl (C=O) groups excluding carboxylic acids is 1. The van der Waals surface area contributed by atoms with Gasteiger partial charge in [-0.2, -0.15) is 0 Å². The highest BCUT2D eigenvalue weighted by Gasteiger charge is 2.21. The molecule has 0 radical (unpaired) electrons. The van der Waals surface area contributed by atoms with Gasteiger partial charge in [0.25, 0.3) is 0 Å². The molecule has 0 saturated carbocycles. The predicted octanol–water partition coefficient (Wildman–Crippen LogP) is 3.47. The lowest BCUT2D eigenvalue weighted by Gasteiger charge is -2.35. The Morgan fingerprint density at radius 2 is 1.62 bits per heavy atom. The van der Waals surface area contributed by atoms with E-state index >= 15 is 0 Å². The van der Waals surface area contributed by atoms with Crippen LogP contribution < -0.4 is 5.32 Å². The van der Waals surface area contributed by atoms with Crippen LogP contribution in [0.3, 0.4) is 0 Å². The normalized spacial score (nSPS) is 25.0. The molecule has 2 atom stereocenters. The fraction of sp³-hybridized carbons (Fsp3) is 0.650. The van der Waals surface area contributed by atoms with Crippen LogP contribution in [0.2, 0.25) is 0 Å². The molecule has 132 valence electrons. The van der Waals surface area contributed by atoms with Gasteiger partial charge in [-0.15, -0.1) is 0 Å². The molecule has 1 aromatic carbocycles. The monoisotopic (exact) mass is 329 g/mol. The summed E-state index contributed by atoms with van der Waals surface area (Å²) in [5, 5.41) is 3.03. The van der Waals surface area contributed by atoms with E-state index in [1.165, 1.54) is 30.6 Å². The van der Waals surface area contributed by atoms with Crippen LogP contribution >= 0.6 is 0 Å². The summed E-state index contributed by atoms with van der Waals surface area (Å²) in [6.07, 6.45) is 3.62. The van der Waals surface area contributed by atoms with Gasteiger partial charge in [0, 0.05) is 39.3 Å². The molecule has 2 heterocycles. The Bertz CT molecular complexity index is 526. The third kappa shape index (κ3) is 4.73. The molecule has 1 aromatic rings. The van der Waals surface area contributed by atoms with Gasteiger partial charge < -0.3 is 10.2 Å². The molecule has 0 aliphatic carbocycles. The molecule has 2 fully saturated rings. The Labute approximate surface area is 146 Å². The van der Waals surface area contributed by atoms with Crippen molar-refractivity contribution in [3.05, 3.63) is 35.4 Å². The van der Waals surface area contributed by atoms with Crippen molar-refractivity contribution in [3.8, 4) is 0 Å². The zero-order valence-electron chi connectivity index (χ0n) is 15.1. The first-order valence-electron chi connectivity index (χ1n) is 9.43. The van der Waals surface area contributed by atoms with Crippen molar-refractivity contribution in [2.75, 3.05) is 26.2 Å². The van der Waals surface area contributed by atoms with Crippen molar-refractivity contribution in [1.82, 2.24) is 15.1 Å². The summed E-state index contributed by atoms with van der Waals surface area (Å²) in [5.41, 5.74) is 2.54. The lowest BCUT2D eigenvalue weighted by molar-refractivity contribution is 0.134. The molecule has 2 amide bonds. The van der Waals surface area contributed by atoms with Gasteiger partial charge in [0.05, 0.1) is 0 Å². The molecular formula is C20H31N3O. The fourth-order valence-corrected chi connectivity index (χ4v) is 4.15. The van der Waals surface area contributed by atoms with Crippen LogP contribution in [0.25, 0.3) is 0 Å². The highest BCUT2D eigenvalue weighted by atomic mass is 16.2. The van der Waals surface area contributed by atoms with Crippen molar-refractivity contribution < 1.29 is 4.79 Å². The Hall–Kier alpha value is -1.55. The maximum Gasteiger partial charge on any atom is 0.317 e. The van der Waals surface area contributed by atoms with E-state index in [9.17, 15) is 4.79 Å². The average Bonchev–Trinajstić information content (AvgIpc) is 3.07. The van der Waals surface area contributed by atoms with Crippen LogP contribution in [0.1, 0.15) is 44.2 Å². The van der Waals surface area contributed by atoms with E-state index in [1.54, 1.807) is 0 Å². The van der Waals surface area contributed by atoms with Gasteiger partial charge in [0.15, 0.2) is 0 Å². The number of amides is 2. The minimum absolute atomic E-state index is 0.0767. The molecule has 2 aliphatic heterocycles. The lowest BCUT2D eigenvalue weighted by atomic mass is 9.91. The predicted molar refractivity (Wildman–Crippen MR) is 97.7 cm³/mol. The number of carbonyl (C=O) groups is 1. The van der Waals surface area contributed by atoms with Crippen LogP contribution in [0.15, 0.2) is 24.3 Å². The van der Waals surface area contributed by atoms with Crippen LogP contribution in [0.5, 0.6) is 0 Å². The van der Waals surface area contributed by atoms with E-state index < -0.39 is 0 Å². The summed E-state index contributed by atoms with van der Waals surface area (Å²) in [7, 11) is 0. The average molecular weight is 329 g/mol. The summed E-state index contributed by atoms with van der Waals surface area (Å²) < 4.78 is 0. The van der Waals surface area contributed by atoms with E-state index in [0.717, 1.165) is 44.3 Å². The number of hydrogen-bond donors (Lipinski definition) is 1. The number of nitrogens with one attached hydrogen (secondary N) is 1. The van der Waals surface area contributed by atoms with Gasteiger partial charge in [-0.05, 0) is 42.2 Å². The van der Waals surface area contributed by atoms with Crippen molar-refractivity contribution >= 4 is 6.03 Å². The lowest BCUT2D eigenvalue weighted by Crippen LogP contribution is -2.38. The third-order valence-electron chi connectivity index (χ3n) is 5.21. The van der Waals surface area contributed by atoms with Gasteiger partial charge in [-0.25, -0.2) is 4.79 Å². The summed E-state index contributed by atoms with van der Waals surface area (Å²) >= 11 is 0. The first kappa shape index (κ1) is 17.3. The number of rotatable bonds is 4. The SMILES string of the molecule is CC1CC(C)CN(Cc2ccc(CNC(=O)N3CCCC3)cc2)C1. The topological polar surface area (TPSA) is 35.6 Å². The van der Waals surface area contributed by atoms with Gasteiger partial charge >= 0.3 is 6.03 Å². The number of benzene rings is 1. The van der Waals surface area contributed by atoms with E-state index in [-0.39, 0.29) is 6.03 Å². The minimum Gasteiger partial charge on any atom is -0.334 e. The molecule has 0 spiro atoms. The first-order valence-corrected chi connectivity index (χ1v) is 9.43. The number of piperidine rings is 1. The number of likely N-dealkylation sites (tertiary alicyclic amines) is 2. The van der Waals surface area contributed by atoms with Crippen LogP contribution in [0.4, 0.5) is 4.79 Å². The Kier molecular flexibility index (Phi) is 5.77. The largest absolute Gasteiger partial charge is 0.334 e. The summed E-state index contributed by atoms with van der Waals surface area (Å²) in [6.45, 7) is 10.6. The zero-order valence-corrected chi connectivity index (χ0v) is 15.1. The first-order chi connectivity index (χ1) is 11.6. The van der Waals surface area contributed by atoms with Gasteiger partial charge in [0.2, 0.25) is 0 Å². The Morgan fingerprint density at radius 1 is 1.04 bits per heavy atom. The van der Waals surface area contributed by atoms with E-state index in [0.29, 0.717) is 6.54 Å². The molecule has 0 aromatic heterocycles. The molecule has 2 unspecified atom stereocenters. The maximum atomic E-state index is 12.0. The van der Waals surface area contributed by atoms with Crippen LogP contribution in [0, 0.1) is 11.8 Å². The zero-order chi connectivity index (χ0) is 16.9. The quantitative estimate of drug-likeness (QED) is 0.918. The summed E-state index contributed by atoms with van der Waals surface area (Å²) in [4.78, 5) is 16.5. The van der Waals surface area contributed by atoms with E-state index in [4.69, 9.17) is 0 Å².